The molecule has 2 aromatic carbocycles. The first-order valence-electron chi connectivity index (χ1n) is 7.79. The highest BCUT2D eigenvalue weighted by molar-refractivity contribution is 7.90. The summed E-state index contributed by atoms with van der Waals surface area (Å²) < 4.78 is 53.5. The van der Waals surface area contributed by atoms with Crippen LogP contribution in [0.4, 0.5) is 10.5 Å². The van der Waals surface area contributed by atoms with Gasteiger partial charge >= 0.3 is 6.03 Å². The molecule has 0 radical (unpaired) electrons. The van der Waals surface area contributed by atoms with Crippen molar-refractivity contribution < 1.29 is 21.6 Å². The summed E-state index contributed by atoms with van der Waals surface area (Å²) >= 11 is 0. The Hall–Kier alpha value is -3.63. The van der Waals surface area contributed by atoms with Crippen LogP contribution in [0.2, 0.25) is 0 Å². The van der Waals surface area contributed by atoms with Crippen molar-refractivity contribution in [2.45, 2.75) is 16.7 Å². The van der Waals surface area contributed by atoms with Gasteiger partial charge in [0.1, 0.15) is 0 Å². The third-order valence-electron chi connectivity index (χ3n) is 3.37. The highest BCUT2D eigenvalue weighted by Crippen LogP contribution is 2.16. The van der Waals surface area contributed by atoms with Crippen LogP contribution in [0.15, 0.2) is 62.7 Å². The average molecular weight is 436 g/mol. The largest absolute Gasteiger partial charge is 0.368 e. The molecule has 0 aromatic heterocycles. The number of aryl methyl sites for hydroxylation is 1. The second kappa shape index (κ2) is 8.59. The third kappa shape index (κ3) is 5.92. The van der Waals surface area contributed by atoms with E-state index in [4.69, 9.17) is 11.0 Å². The van der Waals surface area contributed by atoms with Gasteiger partial charge in [-0.3, -0.25) is 5.32 Å². The highest BCUT2D eigenvalue weighted by Gasteiger charge is 2.18. The first kappa shape index (κ1) is 21.7. The van der Waals surface area contributed by atoms with Gasteiger partial charge < -0.3 is 11.1 Å². The van der Waals surface area contributed by atoms with E-state index in [0.717, 1.165) is 17.7 Å². The highest BCUT2D eigenvalue weighted by atomic mass is 32.2. The topological polar surface area (TPSA) is 184 Å². The number of rotatable bonds is 5. The van der Waals surface area contributed by atoms with Gasteiger partial charge in [0.05, 0.1) is 9.79 Å². The number of carbonyl (C=O) groups is 1. The summed E-state index contributed by atoms with van der Waals surface area (Å²) in [5.41, 5.74) is 6.22. The van der Waals surface area contributed by atoms with Gasteiger partial charge in [-0.2, -0.15) is 13.7 Å². The number of guanidine groups is 1. The van der Waals surface area contributed by atoms with E-state index in [1.54, 1.807) is 19.1 Å². The smallest absolute Gasteiger partial charge is 0.333 e. The summed E-state index contributed by atoms with van der Waals surface area (Å²) in [5, 5.41) is 12.5. The Morgan fingerprint density at radius 1 is 1.00 bits per heavy atom. The van der Waals surface area contributed by atoms with E-state index in [9.17, 15) is 21.6 Å². The molecule has 2 amide bonds. The van der Waals surface area contributed by atoms with Gasteiger partial charge in [-0.05, 0) is 43.3 Å². The first-order chi connectivity index (χ1) is 13.5. The number of nitrogens with two attached hydrogens (primary N) is 1. The molecule has 11 nitrogen and oxygen atoms in total. The molecule has 152 valence electrons. The molecule has 0 spiro atoms. The van der Waals surface area contributed by atoms with Gasteiger partial charge in [-0.25, -0.2) is 17.9 Å². The molecule has 29 heavy (non-hydrogen) atoms. The Bertz CT molecular complexity index is 1180. The van der Waals surface area contributed by atoms with Crippen molar-refractivity contribution in [2.24, 2.45) is 10.1 Å². The zero-order valence-corrected chi connectivity index (χ0v) is 16.6. The van der Waals surface area contributed by atoms with Crippen molar-refractivity contribution in [3.8, 4) is 6.19 Å². The fourth-order valence-electron chi connectivity index (χ4n) is 2.03. The standard InChI is InChI=1S/C16H16N6O5S2/c1-11-2-6-13(7-3-11)29(26,27)22-16(23)20-12-4-8-14(9-5-12)28(24,25)21-15(18)19-10-17/h2-9H,1H3,(H3,18,19,21)(H2,20,22,23). The number of sulfonamides is 2. The minimum atomic E-state index is -4.17. The quantitative estimate of drug-likeness (QED) is 0.227. The van der Waals surface area contributed by atoms with E-state index >= 15 is 0 Å². The van der Waals surface area contributed by atoms with Gasteiger partial charge in [0.2, 0.25) is 5.96 Å². The van der Waals surface area contributed by atoms with Gasteiger partial charge in [-0.15, -0.1) is 4.40 Å². The minimum absolute atomic E-state index is 0.0823. The lowest BCUT2D eigenvalue weighted by Crippen LogP contribution is -2.34. The summed E-state index contributed by atoms with van der Waals surface area (Å²) in [6, 6.07) is 9.59. The van der Waals surface area contributed by atoms with Gasteiger partial charge in [0.15, 0.2) is 6.19 Å². The number of benzene rings is 2. The lowest BCUT2D eigenvalue weighted by Gasteiger charge is -2.09. The lowest BCUT2D eigenvalue weighted by molar-refractivity contribution is 0.256. The Balaban J connectivity index is 2.09. The SMILES string of the molecule is Cc1ccc(S(=O)(=O)NC(=O)Nc2ccc(S(=O)(=O)/N=C(\N)NC#N)cc2)cc1. The second-order valence-corrected chi connectivity index (χ2v) is 8.87. The number of amides is 2. The maximum atomic E-state index is 12.2. The summed E-state index contributed by atoms with van der Waals surface area (Å²) in [6.45, 7) is 1.79. The average Bonchev–Trinajstić information content (AvgIpc) is 2.61. The summed E-state index contributed by atoms with van der Waals surface area (Å²) in [7, 11) is -8.24. The van der Waals surface area contributed by atoms with Crippen molar-refractivity contribution in [1.82, 2.24) is 10.0 Å². The molecular weight excluding hydrogens is 420 g/mol. The molecule has 0 bridgehead atoms. The normalized spacial score (nSPS) is 11.9. The van der Waals surface area contributed by atoms with Crippen LogP contribution < -0.4 is 21.1 Å². The van der Waals surface area contributed by atoms with Gasteiger partial charge in [0.25, 0.3) is 20.0 Å². The number of nitrogens with zero attached hydrogens (tertiary/aromatic N) is 2. The summed E-state index contributed by atoms with van der Waals surface area (Å²) in [5.74, 6) is -0.601. The van der Waals surface area contributed by atoms with Gasteiger partial charge in [-0.1, -0.05) is 17.7 Å². The van der Waals surface area contributed by atoms with E-state index in [1.807, 2.05) is 10.0 Å². The molecule has 0 saturated carbocycles. The number of hydrogen-bond acceptors (Lipinski definition) is 6. The number of urea groups is 1. The molecular formula is C16H16N6O5S2. The minimum Gasteiger partial charge on any atom is -0.368 e. The third-order valence-corrected chi connectivity index (χ3v) is 6.02. The zero-order chi connectivity index (χ0) is 21.7. The van der Waals surface area contributed by atoms with Crippen molar-refractivity contribution in [2.75, 3.05) is 5.32 Å². The Kier molecular flexibility index (Phi) is 6.42. The summed E-state index contributed by atoms with van der Waals surface area (Å²) in [4.78, 5) is 11.6. The van der Waals surface area contributed by atoms with Crippen molar-refractivity contribution in [1.29, 1.82) is 5.26 Å². The van der Waals surface area contributed by atoms with Crippen molar-refractivity contribution in [3.63, 3.8) is 0 Å². The van der Waals surface area contributed by atoms with E-state index in [-0.39, 0.29) is 15.5 Å². The van der Waals surface area contributed by atoms with Crippen molar-refractivity contribution in [3.05, 3.63) is 54.1 Å². The molecule has 2 rings (SSSR count). The maximum absolute atomic E-state index is 12.2. The molecule has 0 aliphatic rings. The molecule has 13 heteroatoms. The monoisotopic (exact) mass is 436 g/mol. The number of hydrogen-bond donors (Lipinski definition) is 4. The molecule has 0 unspecified atom stereocenters. The first-order valence-corrected chi connectivity index (χ1v) is 10.7. The van der Waals surface area contributed by atoms with Crippen LogP contribution in [0, 0.1) is 18.4 Å². The van der Waals surface area contributed by atoms with E-state index in [0.29, 0.717) is 0 Å². The molecule has 0 atom stereocenters. The Labute approximate surface area is 167 Å². The molecule has 0 saturated heterocycles. The lowest BCUT2D eigenvalue weighted by atomic mass is 10.2. The van der Waals surface area contributed by atoms with E-state index in [2.05, 4.69) is 9.71 Å². The predicted octanol–water partition coefficient (Wildman–Crippen LogP) is 0.580. The number of nitrogens with one attached hydrogen (secondary N) is 3. The number of anilines is 1. The molecule has 2 aromatic rings. The molecule has 0 aliphatic heterocycles. The Morgan fingerprint density at radius 2 is 1.55 bits per heavy atom. The maximum Gasteiger partial charge on any atom is 0.333 e. The van der Waals surface area contributed by atoms with Crippen LogP contribution in [0.5, 0.6) is 0 Å². The molecule has 0 aliphatic carbocycles. The molecule has 5 N–H and O–H groups in total. The van der Waals surface area contributed by atoms with Crippen LogP contribution in [-0.4, -0.2) is 28.8 Å². The number of nitriles is 1. The van der Waals surface area contributed by atoms with Crippen LogP contribution in [-0.2, 0) is 20.0 Å². The summed E-state index contributed by atoms with van der Waals surface area (Å²) in [6.07, 6.45) is 1.43. The van der Waals surface area contributed by atoms with Crippen molar-refractivity contribution >= 4 is 37.7 Å². The predicted molar refractivity (Wildman–Crippen MR) is 105 cm³/mol. The van der Waals surface area contributed by atoms with Crippen LogP contribution in [0.3, 0.4) is 0 Å². The molecule has 0 fully saturated rings. The van der Waals surface area contributed by atoms with Crippen LogP contribution in [0.1, 0.15) is 5.56 Å². The zero-order valence-electron chi connectivity index (χ0n) is 14.9. The second-order valence-electron chi connectivity index (χ2n) is 5.59. The van der Waals surface area contributed by atoms with Gasteiger partial charge in [0, 0.05) is 5.69 Å². The van der Waals surface area contributed by atoms with E-state index in [1.165, 1.54) is 30.5 Å². The number of carbonyl (C=O) groups excluding carboxylic acids is 1. The fraction of sp³-hybridized carbons (Fsp3) is 0.0625. The van der Waals surface area contributed by atoms with Crippen LogP contribution in [0.25, 0.3) is 0 Å². The Morgan fingerprint density at radius 3 is 2.10 bits per heavy atom. The van der Waals surface area contributed by atoms with Crippen LogP contribution >= 0.6 is 0 Å². The fourth-order valence-corrected chi connectivity index (χ4v) is 3.82. The molecule has 0 heterocycles. The van der Waals surface area contributed by atoms with E-state index < -0.39 is 32.0 Å².